The molecule has 0 aliphatic rings. The van der Waals surface area contributed by atoms with Crippen LogP contribution in [0.4, 0.5) is 4.39 Å². The average molecular weight is 336 g/mol. The number of nitrogens with one attached hydrogen (secondary N) is 1. The largest absolute Gasteiger partial charge is 0.472 e. The minimum atomic E-state index is -0.628. The standard InChI is InChI=1S/C15H11ClFN3O3/c1-8(18-14(21)9-5-6-22-7-9)15-19-13(20-23-15)10-3-2-4-11(16)12(10)17/h2-8H,1H3,(H,18,21)/t8-/m1/s1. The predicted octanol–water partition coefficient (Wildman–Crippen LogP) is 3.61. The minimum Gasteiger partial charge on any atom is -0.472 e. The highest BCUT2D eigenvalue weighted by molar-refractivity contribution is 6.31. The molecule has 118 valence electrons. The number of hydrogen-bond donors (Lipinski definition) is 1. The van der Waals surface area contributed by atoms with Crippen molar-refractivity contribution in [2.24, 2.45) is 0 Å². The number of carbonyl (C=O) groups is 1. The molecule has 0 saturated heterocycles. The van der Waals surface area contributed by atoms with Gasteiger partial charge in [0.1, 0.15) is 12.3 Å². The zero-order valence-electron chi connectivity index (χ0n) is 11.9. The zero-order chi connectivity index (χ0) is 16.4. The topological polar surface area (TPSA) is 81.2 Å². The summed E-state index contributed by atoms with van der Waals surface area (Å²) in [6.07, 6.45) is 2.72. The molecule has 3 aromatic rings. The average Bonchev–Trinajstić information content (AvgIpc) is 3.21. The van der Waals surface area contributed by atoms with Gasteiger partial charge < -0.3 is 14.3 Å². The molecule has 2 heterocycles. The van der Waals surface area contributed by atoms with E-state index in [0.29, 0.717) is 5.56 Å². The summed E-state index contributed by atoms with van der Waals surface area (Å²) in [6.45, 7) is 1.67. The summed E-state index contributed by atoms with van der Waals surface area (Å²) in [5, 5.41) is 6.37. The number of furan rings is 1. The van der Waals surface area contributed by atoms with Crippen LogP contribution in [-0.4, -0.2) is 16.0 Å². The molecular weight excluding hydrogens is 325 g/mol. The van der Waals surface area contributed by atoms with E-state index in [1.54, 1.807) is 13.0 Å². The molecule has 23 heavy (non-hydrogen) atoms. The van der Waals surface area contributed by atoms with Crippen LogP contribution in [0.15, 0.2) is 45.7 Å². The van der Waals surface area contributed by atoms with Crippen molar-refractivity contribution in [1.29, 1.82) is 0 Å². The van der Waals surface area contributed by atoms with Gasteiger partial charge >= 0.3 is 0 Å². The summed E-state index contributed by atoms with van der Waals surface area (Å²) in [5.41, 5.74) is 0.498. The highest BCUT2D eigenvalue weighted by atomic mass is 35.5. The van der Waals surface area contributed by atoms with Crippen molar-refractivity contribution in [2.45, 2.75) is 13.0 Å². The number of aromatic nitrogens is 2. The number of nitrogens with zero attached hydrogens (tertiary/aromatic N) is 2. The van der Waals surface area contributed by atoms with Crippen molar-refractivity contribution in [1.82, 2.24) is 15.5 Å². The van der Waals surface area contributed by atoms with E-state index in [1.807, 2.05) is 0 Å². The quantitative estimate of drug-likeness (QED) is 0.787. The van der Waals surface area contributed by atoms with E-state index in [9.17, 15) is 9.18 Å². The maximum atomic E-state index is 14.0. The Labute approximate surface area is 135 Å². The first-order valence-corrected chi connectivity index (χ1v) is 7.05. The van der Waals surface area contributed by atoms with Crippen molar-refractivity contribution in [2.75, 3.05) is 0 Å². The van der Waals surface area contributed by atoms with Gasteiger partial charge in [-0.25, -0.2) is 4.39 Å². The molecule has 0 unspecified atom stereocenters. The van der Waals surface area contributed by atoms with Gasteiger partial charge in [0.2, 0.25) is 11.7 Å². The van der Waals surface area contributed by atoms with Crippen LogP contribution in [0.1, 0.15) is 29.2 Å². The molecule has 6 nitrogen and oxygen atoms in total. The highest BCUT2D eigenvalue weighted by Gasteiger charge is 2.20. The van der Waals surface area contributed by atoms with Gasteiger partial charge in [-0.1, -0.05) is 22.8 Å². The number of amides is 1. The van der Waals surface area contributed by atoms with E-state index in [-0.39, 0.29) is 28.2 Å². The van der Waals surface area contributed by atoms with Crippen molar-refractivity contribution in [3.05, 3.63) is 59.1 Å². The SMILES string of the molecule is C[C@@H](NC(=O)c1ccoc1)c1nc(-c2cccc(Cl)c2F)no1. The Balaban J connectivity index is 1.79. The Hall–Kier alpha value is -2.67. The van der Waals surface area contributed by atoms with E-state index < -0.39 is 11.9 Å². The molecule has 0 aliphatic carbocycles. The first-order chi connectivity index (χ1) is 11.1. The van der Waals surface area contributed by atoms with Crippen LogP contribution in [-0.2, 0) is 0 Å². The second-order valence-electron chi connectivity index (χ2n) is 4.76. The number of rotatable bonds is 4. The van der Waals surface area contributed by atoms with Gasteiger partial charge in [-0.15, -0.1) is 0 Å². The third-order valence-corrected chi connectivity index (χ3v) is 3.43. The molecule has 1 atom stereocenters. The smallest absolute Gasteiger partial charge is 0.255 e. The fourth-order valence-electron chi connectivity index (χ4n) is 1.93. The van der Waals surface area contributed by atoms with Gasteiger partial charge in [-0.3, -0.25) is 4.79 Å². The van der Waals surface area contributed by atoms with Gasteiger partial charge in [0.25, 0.3) is 5.91 Å². The molecule has 3 rings (SSSR count). The van der Waals surface area contributed by atoms with Crippen LogP contribution in [0.2, 0.25) is 5.02 Å². The lowest BCUT2D eigenvalue weighted by molar-refractivity contribution is 0.0932. The third-order valence-electron chi connectivity index (χ3n) is 3.14. The number of carbonyl (C=O) groups excluding carboxylic acids is 1. The van der Waals surface area contributed by atoms with E-state index in [2.05, 4.69) is 15.5 Å². The Morgan fingerprint density at radius 3 is 2.96 bits per heavy atom. The van der Waals surface area contributed by atoms with Gasteiger partial charge in [-0.05, 0) is 25.1 Å². The lowest BCUT2D eigenvalue weighted by atomic mass is 10.2. The fourth-order valence-corrected chi connectivity index (χ4v) is 2.11. The third kappa shape index (κ3) is 3.09. The predicted molar refractivity (Wildman–Crippen MR) is 79.3 cm³/mol. The Morgan fingerprint density at radius 1 is 1.39 bits per heavy atom. The Morgan fingerprint density at radius 2 is 2.22 bits per heavy atom. The maximum absolute atomic E-state index is 14.0. The van der Waals surface area contributed by atoms with Crippen LogP contribution in [0.5, 0.6) is 0 Å². The normalized spacial score (nSPS) is 12.1. The van der Waals surface area contributed by atoms with Crippen molar-refractivity contribution < 1.29 is 18.1 Å². The molecule has 1 aromatic carbocycles. The molecule has 0 radical (unpaired) electrons. The molecule has 0 bridgehead atoms. The van der Waals surface area contributed by atoms with Crippen LogP contribution < -0.4 is 5.32 Å². The van der Waals surface area contributed by atoms with Gasteiger partial charge in [0, 0.05) is 0 Å². The van der Waals surface area contributed by atoms with E-state index in [4.69, 9.17) is 20.5 Å². The second kappa shape index (κ2) is 6.21. The summed E-state index contributed by atoms with van der Waals surface area (Å²) < 4.78 is 23.9. The zero-order valence-corrected chi connectivity index (χ0v) is 12.7. The van der Waals surface area contributed by atoms with Crippen molar-refractivity contribution >= 4 is 17.5 Å². The van der Waals surface area contributed by atoms with Crippen LogP contribution in [0.25, 0.3) is 11.4 Å². The van der Waals surface area contributed by atoms with E-state index in [1.165, 1.54) is 30.7 Å². The van der Waals surface area contributed by atoms with E-state index in [0.717, 1.165) is 0 Å². The molecule has 0 saturated carbocycles. The molecule has 0 aliphatic heterocycles. The molecular formula is C15H11ClFN3O3. The molecule has 0 fully saturated rings. The van der Waals surface area contributed by atoms with Gasteiger partial charge in [-0.2, -0.15) is 4.98 Å². The number of halogens is 2. The van der Waals surface area contributed by atoms with Crippen molar-refractivity contribution in [3.8, 4) is 11.4 Å². The summed E-state index contributed by atoms with van der Waals surface area (Å²) in [4.78, 5) is 16.0. The number of benzene rings is 1. The summed E-state index contributed by atoms with van der Waals surface area (Å²) in [7, 11) is 0. The second-order valence-corrected chi connectivity index (χ2v) is 5.17. The van der Waals surface area contributed by atoms with Crippen LogP contribution in [0, 0.1) is 5.82 Å². The number of hydrogen-bond acceptors (Lipinski definition) is 5. The first-order valence-electron chi connectivity index (χ1n) is 6.67. The summed E-state index contributed by atoms with van der Waals surface area (Å²) >= 11 is 5.73. The maximum Gasteiger partial charge on any atom is 0.255 e. The monoisotopic (exact) mass is 335 g/mol. The van der Waals surface area contributed by atoms with Crippen LogP contribution >= 0.6 is 11.6 Å². The fraction of sp³-hybridized carbons (Fsp3) is 0.133. The molecule has 2 aromatic heterocycles. The van der Waals surface area contributed by atoms with Crippen LogP contribution in [0.3, 0.4) is 0 Å². The van der Waals surface area contributed by atoms with E-state index >= 15 is 0 Å². The van der Waals surface area contributed by atoms with Gasteiger partial charge in [0.05, 0.1) is 22.4 Å². The highest BCUT2D eigenvalue weighted by Crippen LogP contribution is 2.26. The van der Waals surface area contributed by atoms with Crippen molar-refractivity contribution in [3.63, 3.8) is 0 Å². The Kier molecular flexibility index (Phi) is 4.12. The lowest BCUT2D eigenvalue weighted by Crippen LogP contribution is -2.26. The minimum absolute atomic E-state index is 0.0323. The molecule has 1 amide bonds. The molecule has 0 spiro atoms. The Bertz CT molecular complexity index is 832. The summed E-state index contributed by atoms with van der Waals surface area (Å²) in [6, 6.07) is 5.48. The molecule has 8 heteroatoms. The first kappa shape index (κ1) is 15.2. The lowest BCUT2D eigenvalue weighted by Gasteiger charge is -2.07. The molecule has 1 N–H and O–H groups in total. The summed E-state index contributed by atoms with van der Waals surface area (Å²) in [5.74, 6) is -0.767. The van der Waals surface area contributed by atoms with Gasteiger partial charge in [0.15, 0.2) is 5.82 Å².